The van der Waals surface area contributed by atoms with Crippen molar-refractivity contribution in [1.29, 1.82) is 0 Å². The molecule has 0 radical (unpaired) electrons. The van der Waals surface area contributed by atoms with Crippen molar-refractivity contribution in [3.8, 4) is 0 Å². The SMILES string of the molecule is NCCC[C@@H](CC(=O)N[C@@H]1CCCC[C@H]1C(=O)N[C@H](CC(=O)N[C@@H](CCC(=O)O)CC(=O)O)Cc1c[nH]c2ccccc12)NC(=O)C[C@H](Cc1ccccc1)NC(=O)[C@@H]1CCCC[C@H]1N. The largest absolute Gasteiger partial charge is 0.481 e. The van der Waals surface area contributed by atoms with E-state index in [0.717, 1.165) is 54.1 Å². The third-order valence-electron chi connectivity index (χ3n) is 12.7. The van der Waals surface area contributed by atoms with Gasteiger partial charge in [-0.2, -0.15) is 0 Å². The van der Waals surface area contributed by atoms with Crippen molar-refractivity contribution in [3.63, 3.8) is 0 Å². The summed E-state index contributed by atoms with van der Waals surface area (Å²) in [6, 6.07) is 13.8. The van der Waals surface area contributed by atoms with E-state index in [1.165, 1.54) is 0 Å². The number of aromatic nitrogens is 1. The second-order valence-corrected chi connectivity index (χ2v) is 17.9. The minimum Gasteiger partial charge on any atom is -0.481 e. The van der Waals surface area contributed by atoms with E-state index in [-0.39, 0.29) is 74.1 Å². The van der Waals surface area contributed by atoms with Crippen molar-refractivity contribution in [1.82, 2.24) is 31.6 Å². The van der Waals surface area contributed by atoms with Crippen LogP contribution in [0, 0.1) is 11.8 Å². The Hall–Kier alpha value is -5.81. The number of nitrogens with two attached hydrogens (primary N) is 2. The number of hydrogen-bond acceptors (Lipinski definition) is 9. The van der Waals surface area contributed by atoms with Crippen LogP contribution in [0.3, 0.4) is 0 Å². The fourth-order valence-corrected chi connectivity index (χ4v) is 9.37. The lowest BCUT2D eigenvalue weighted by atomic mass is 9.83. The predicted octanol–water partition coefficient (Wildman–Crippen LogP) is 3.33. The number of carbonyl (C=O) groups excluding carboxylic acids is 5. The maximum absolute atomic E-state index is 14.2. The molecule has 17 heteroatoms. The number of rotatable bonds is 25. The number of para-hydroxylation sites is 1. The van der Waals surface area contributed by atoms with Crippen LogP contribution < -0.4 is 38.1 Å². The van der Waals surface area contributed by atoms with E-state index < -0.39 is 60.4 Å². The molecule has 3 aromatic rings. The highest BCUT2D eigenvalue weighted by Crippen LogP contribution is 2.27. The highest BCUT2D eigenvalue weighted by molar-refractivity contribution is 5.86. The normalized spacial score (nSPS) is 20.3. The second kappa shape index (κ2) is 25.6. The summed E-state index contributed by atoms with van der Waals surface area (Å²) in [5, 5.41) is 34.5. The molecule has 0 aliphatic heterocycles. The summed E-state index contributed by atoms with van der Waals surface area (Å²) in [4.78, 5) is 94.5. The number of amides is 5. The molecule has 5 amide bonds. The van der Waals surface area contributed by atoms with E-state index in [0.29, 0.717) is 45.1 Å². The van der Waals surface area contributed by atoms with Crippen LogP contribution in [0.2, 0.25) is 0 Å². The van der Waals surface area contributed by atoms with Gasteiger partial charge in [-0.25, -0.2) is 0 Å². The lowest BCUT2D eigenvalue weighted by molar-refractivity contribution is -0.140. The molecule has 12 N–H and O–H groups in total. The van der Waals surface area contributed by atoms with Crippen molar-refractivity contribution in [2.24, 2.45) is 23.3 Å². The first-order valence-electron chi connectivity index (χ1n) is 23.2. The van der Waals surface area contributed by atoms with Crippen molar-refractivity contribution >= 4 is 52.4 Å². The lowest BCUT2D eigenvalue weighted by Crippen LogP contribution is -2.52. The van der Waals surface area contributed by atoms with Gasteiger partial charge in [0.25, 0.3) is 0 Å². The minimum absolute atomic E-state index is 0.00546. The number of carboxylic acids is 2. The average molecular weight is 901 g/mol. The number of carboxylic acid groups (broad SMARTS) is 2. The van der Waals surface area contributed by atoms with Crippen LogP contribution in [-0.2, 0) is 46.4 Å². The first-order valence-corrected chi connectivity index (χ1v) is 23.2. The fourth-order valence-electron chi connectivity index (χ4n) is 9.37. The number of carbonyl (C=O) groups is 7. The number of aromatic amines is 1. The number of H-pyrrole nitrogens is 1. The Bertz CT molecular complexity index is 2060. The summed E-state index contributed by atoms with van der Waals surface area (Å²) in [5.74, 6) is -4.91. The standard InChI is InChI=1S/C48H68N8O9/c49-22-10-13-32(52-42(57)26-34(23-30-11-2-1-3-12-30)54-47(64)37-15-4-7-17-39(37)50)25-44(59)56-41-19-9-6-16-38(41)48(65)55-35(24-31-29-51-40-18-8-5-14-36(31)40)27-43(58)53-33(28-46(62)63)20-21-45(60)61/h1-3,5,8,11-12,14,18,29,32-35,37-39,41,51H,4,6-7,9-10,13,15-17,19-28,49-50H2,(H,52,57)(H,53,58)(H,54,64)(H,55,65)(H,56,59)(H,60,61)(H,62,63)/t32-,33-,34-,35-,37+,38+,39+,41+/m0/s1. The quantitative estimate of drug-likeness (QED) is 0.0589. The molecule has 0 bridgehead atoms. The zero-order chi connectivity index (χ0) is 46.7. The molecule has 5 rings (SSSR count). The first kappa shape index (κ1) is 50.2. The Morgan fingerprint density at radius 1 is 0.631 bits per heavy atom. The fraction of sp³-hybridized carbons (Fsp3) is 0.562. The number of fused-ring (bicyclic) bond motifs is 1. The number of benzene rings is 2. The molecule has 354 valence electrons. The van der Waals surface area contributed by atoms with Crippen LogP contribution in [0.25, 0.3) is 10.9 Å². The third kappa shape index (κ3) is 16.6. The van der Waals surface area contributed by atoms with E-state index in [1.807, 2.05) is 60.8 Å². The van der Waals surface area contributed by atoms with Gasteiger partial charge in [-0.1, -0.05) is 74.2 Å². The van der Waals surface area contributed by atoms with Gasteiger partial charge < -0.3 is 53.2 Å². The summed E-state index contributed by atoms with van der Waals surface area (Å²) in [5.41, 5.74) is 14.9. The Morgan fingerprint density at radius 3 is 1.88 bits per heavy atom. The summed E-state index contributed by atoms with van der Waals surface area (Å²) >= 11 is 0. The molecule has 2 aliphatic rings. The molecule has 2 aromatic carbocycles. The summed E-state index contributed by atoms with van der Waals surface area (Å²) in [6.07, 6.45) is 8.36. The van der Waals surface area contributed by atoms with Crippen LogP contribution in [-0.4, -0.2) is 99.5 Å². The maximum atomic E-state index is 14.2. The smallest absolute Gasteiger partial charge is 0.305 e. The van der Waals surface area contributed by atoms with E-state index in [1.54, 1.807) is 0 Å². The monoisotopic (exact) mass is 901 g/mol. The van der Waals surface area contributed by atoms with Gasteiger partial charge in [0.2, 0.25) is 29.5 Å². The molecule has 65 heavy (non-hydrogen) atoms. The molecule has 17 nitrogen and oxygen atoms in total. The Kier molecular flexibility index (Phi) is 19.8. The Morgan fingerprint density at radius 2 is 1.22 bits per heavy atom. The van der Waals surface area contributed by atoms with Gasteiger partial charge in [-0.05, 0) is 81.5 Å². The van der Waals surface area contributed by atoms with Crippen LogP contribution in [0.15, 0.2) is 60.8 Å². The second-order valence-electron chi connectivity index (χ2n) is 17.9. The van der Waals surface area contributed by atoms with Crippen molar-refractivity contribution in [3.05, 3.63) is 71.9 Å². The van der Waals surface area contributed by atoms with E-state index >= 15 is 0 Å². The Labute approximate surface area is 380 Å². The molecule has 0 unspecified atom stereocenters. The van der Waals surface area contributed by atoms with Crippen molar-refractivity contribution < 1.29 is 43.8 Å². The van der Waals surface area contributed by atoms with Crippen LogP contribution in [0.1, 0.15) is 114 Å². The summed E-state index contributed by atoms with van der Waals surface area (Å²) in [6.45, 7) is 0.355. The minimum atomic E-state index is -1.18. The number of hydrogen-bond donors (Lipinski definition) is 10. The zero-order valence-electron chi connectivity index (χ0n) is 37.2. The van der Waals surface area contributed by atoms with Gasteiger partial charge in [0, 0.05) is 79.0 Å². The van der Waals surface area contributed by atoms with Crippen molar-refractivity contribution in [2.75, 3.05) is 6.54 Å². The molecular formula is C48H68N8O9. The van der Waals surface area contributed by atoms with E-state index in [2.05, 4.69) is 31.6 Å². The van der Waals surface area contributed by atoms with Gasteiger partial charge in [0.1, 0.15) is 0 Å². The highest BCUT2D eigenvalue weighted by atomic mass is 16.4. The first-order chi connectivity index (χ1) is 31.3. The van der Waals surface area contributed by atoms with Crippen molar-refractivity contribution in [2.45, 2.75) is 152 Å². The molecule has 8 atom stereocenters. The summed E-state index contributed by atoms with van der Waals surface area (Å²) in [7, 11) is 0. The highest BCUT2D eigenvalue weighted by Gasteiger charge is 2.35. The third-order valence-corrected chi connectivity index (χ3v) is 12.7. The number of nitrogens with one attached hydrogen (secondary N) is 6. The zero-order valence-corrected chi connectivity index (χ0v) is 37.2. The summed E-state index contributed by atoms with van der Waals surface area (Å²) < 4.78 is 0. The maximum Gasteiger partial charge on any atom is 0.305 e. The van der Waals surface area contributed by atoms with Gasteiger partial charge in [0.05, 0.1) is 18.3 Å². The number of aliphatic carboxylic acids is 2. The van der Waals surface area contributed by atoms with Gasteiger partial charge in [-0.15, -0.1) is 0 Å². The predicted molar refractivity (Wildman–Crippen MR) is 245 cm³/mol. The van der Waals surface area contributed by atoms with E-state index in [9.17, 15) is 43.8 Å². The average Bonchev–Trinajstić information content (AvgIpc) is 3.67. The molecule has 2 saturated carbocycles. The van der Waals surface area contributed by atoms with E-state index in [4.69, 9.17) is 11.5 Å². The molecule has 2 fully saturated rings. The van der Waals surface area contributed by atoms with Gasteiger partial charge in [-0.3, -0.25) is 33.6 Å². The van der Waals surface area contributed by atoms with Crippen LogP contribution >= 0.6 is 0 Å². The Balaban J connectivity index is 1.24. The molecule has 2 aliphatic carbocycles. The van der Waals surface area contributed by atoms with Crippen LogP contribution in [0.4, 0.5) is 0 Å². The van der Waals surface area contributed by atoms with Gasteiger partial charge >= 0.3 is 11.9 Å². The molecule has 0 spiro atoms. The topological polar surface area (TPSA) is 288 Å². The molecular weight excluding hydrogens is 833 g/mol. The van der Waals surface area contributed by atoms with Gasteiger partial charge in [0.15, 0.2) is 0 Å². The molecule has 1 heterocycles. The molecule has 1 aromatic heterocycles. The lowest BCUT2D eigenvalue weighted by Gasteiger charge is -2.33. The van der Waals surface area contributed by atoms with Crippen LogP contribution in [0.5, 0.6) is 0 Å². The molecule has 0 saturated heterocycles.